The van der Waals surface area contributed by atoms with Crippen LogP contribution in [0.1, 0.15) is 29.2 Å². The van der Waals surface area contributed by atoms with E-state index in [1.54, 1.807) is 23.3 Å². The van der Waals surface area contributed by atoms with Gasteiger partial charge in [0.2, 0.25) is 0 Å². The predicted molar refractivity (Wildman–Crippen MR) is 175 cm³/mol. The molecule has 0 fully saturated rings. The van der Waals surface area contributed by atoms with Crippen LogP contribution in [0.15, 0.2) is 122 Å². The van der Waals surface area contributed by atoms with Gasteiger partial charge in [-0.05, 0) is 41.8 Å². The van der Waals surface area contributed by atoms with Gasteiger partial charge in [-0.1, -0.05) is 107 Å². The van der Waals surface area contributed by atoms with E-state index in [0.29, 0.717) is 34.7 Å². The van der Waals surface area contributed by atoms with E-state index in [-0.39, 0.29) is 11.9 Å². The van der Waals surface area contributed by atoms with Gasteiger partial charge in [-0.2, -0.15) is 0 Å². The number of halogens is 1. The summed E-state index contributed by atoms with van der Waals surface area (Å²) in [5.41, 5.74) is 5.70. The number of anilines is 1. The molecule has 6 rings (SSSR count). The van der Waals surface area contributed by atoms with E-state index >= 15 is 0 Å². The molecule has 2 amide bonds. The fraction of sp³-hybridized carbons (Fsp3) is 0.147. The zero-order chi connectivity index (χ0) is 30.1. The molecule has 0 unspecified atom stereocenters. The van der Waals surface area contributed by atoms with Crippen LogP contribution in [-0.4, -0.2) is 49.0 Å². The maximum Gasteiger partial charge on any atom is 0.323 e. The molecule has 3 aromatic carbocycles. The van der Waals surface area contributed by atoms with Crippen molar-refractivity contribution in [2.75, 3.05) is 18.4 Å². The standard InChI is InChI=1S/C34H30ClN7OS/c35-32-31(27-14-16-29(17-15-27)42-24-21-37-40-42)38-33(44-32)39-34(43)41(22-18-28-13-7-8-20-36-28)23-19-30(25-9-3-1-4-10-25)26-11-5-2-6-12-26/h1-17,20-21,24,30H,18-19,22-23H2,(H,38,39,43). The second-order valence-corrected chi connectivity index (χ2v) is 11.8. The molecule has 3 aromatic heterocycles. The number of thiazole rings is 1. The third kappa shape index (κ3) is 7.19. The van der Waals surface area contributed by atoms with Crippen molar-refractivity contribution in [2.45, 2.75) is 18.8 Å². The van der Waals surface area contributed by atoms with E-state index in [1.807, 2.05) is 59.5 Å². The topological polar surface area (TPSA) is 88.8 Å². The number of carbonyl (C=O) groups is 1. The van der Waals surface area contributed by atoms with Gasteiger partial charge < -0.3 is 4.90 Å². The molecular formula is C34H30ClN7OS. The van der Waals surface area contributed by atoms with Gasteiger partial charge in [0.1, 0.15) is 10.0 Å². The second-order valence-electron chi connectivity index (χ2n) is 10.2. The molecule has 3 heterocycles. The van der Waals surface area contributed by atoms with Crippen LogP contribution < -0.4 is 5.32 Å². The van der Waals surface area contributed by atoms with Gasteiger partial charge >= 0.3 is 6.03 Å². The first-order chi connectivity index (χ1) is 21.6. The van der Waals surface area contributed by atoms with Crippen LogP contribution in [-0.2, 0) is 6.42 Å². The summed E-state index contributed by atoms with van der Waals surface area (Å²) in [7, 11) is 0. The fourth-order valence-corrected chi connectivity index (χ4v) is 6.19. The molecule has 0 aliphatic rings. The number of nitrogens with zero attached hydrogens (tertiary/aromatic N) is 6. The van der Waals surface area contributed by atoms with Gasteiger partial charge in [-0.25, -0.2) is 14.5 Å². The lowest BCUT2D eigenvalue weighted by Crippen LogP contribution is -2.38. The van der Waals surface area contributed by atoms with Gasteiger partial charge in [-0.3, -0.25) is 10.3 Å². The Morgan fingerprint density at radius 2 is 1.57 bits per heavy atom. The summed E-state index contributed by atoms with van der Waals surface area (Å²) < 4.78 is 2.18. The highest BCUT2D eigenvalue weighted by Crippen LogP contribution is 2.36. The van der Waals surface area contributed by atoms with Crippen molar-refractivity contribution in [3.05, 3.63) is 143 Å². The normalized spacial score (nSPS) is 11.0. The number of hydrogen-bond acceptors (Lipinski definition) is 6. The van der Waals surface area contributed by atoms with Gasteiger partial charge in [0, 0.05) is 42.9 Å². The molecular weight excluding hydrogens is 590 g/mol. The lowest BCUT2D eigenvalue weighted by Gasteiger charge is -2.26. The summed E-state index contributed by atoms with van der Waals surface area (Å²) in [5, 5.41) is 11.3. The Balaban J connectivity index is 1.20. The van der Waals surface area contributed by atoms with E-state index in [4.69, 9.17) is 11.6 Å². The third-order valence-electron chi connectivity index (χ3n) is 7.37. The lowest BCUT2D eigenvalue weighted by atomic mass is 9.88. The van der Waals surface area contributed by atoms with Crippen molar-refractivity contribution < 1.29 is 4.79 Å². The van der Waals surface area contributed by atoms with Crippen LogP contribution in [0, 0.1) is 0 Å². The Labute approximate surface area is 265 Å². The minimum absolute atomic E-state index is 0.143. The van der Waals surface area contributed by atoms with Crippen LogP contribution in [0.2, 0.25) is 4.34 Å². The van der Waals surface area contributed by atoms with E-state index in [0.717, 1.165) is 23.4 Å². The summed E-state index contributed by atoms with van der Waals surface area (Å²) >= 11 is 7.86. The average Bonchev–Trinajstić information content (AvgIpc) is 3.74. The molecule has 0 bridgehead atoms. The van der Waals surface area contributed by atoms with Crippen LogP contribution >= 0.6 is 22.9 Å². The molecule has 6 aromatic rings. The molecule has 0 atom stereocenters. The van der Waals surface area contributed by atoms with E-state index in [9.17, 15) is 4.79 Å². The summed E-state index contributed by atoms with van der Waals surface area (Å²) in [4.78, 5) is 24.7. The summed E-state index contributed by atoms with van der Waals surface area (Å²) in [6.07, 6.45) is 6.57. The first kappa shape index (κ1) is 29.2. The zero-order valence-corrected chi connectivity index (χ0v) is 25.4. The minimum atomic E-state index is -0.223. The number of pyridine rings is 1. The number of hydrogen-bond donors (Lipinski definition) is 1. The third-order valence-corrected chi connectivity index (χ3v) is 8.54. The van der Waals surface area contributed by atoms with Crippen LogP contribution in [0.5, 0.6) is 0 Å². The summed E-state index contributed by atoms with van der Waals surface area (Å²) in [6.45, 7) is 1.05. The number of benzene rings is 3. The molecule has 1 N–H and O–H groups in total. The Kier molecular flexibility index (Phi) is 9.35. The van der Waals surface area contributed by atoms with Crippen molar-refractivity contribution in [3.8, 4) is 16.9 Å². The number of amides is 2. The van der Waals surface area contributed by atoms with E-state index < -0.39 is 0 Å². The SMILES string of the molecule is O=C(Nc1nc(-c2ccc(-n3ccnn3)cc2)c(Cl)s1)N(CCc1ccccn1)CCC(c1ccccc1)c1ccccc1. The second kappa shape index (κ2) is 14.1. The monoisotopic (exact) mass is 619 g/mol. The maximum atomic E-state index is 13.8. The maximum absolute atomic E-state index is 13.8. The molecule has 0 saturated carbocycles. The summed E-state index contributed by atoms with van der Waals surface area (Å²) in [5.74, 6) is 0.143. The van der Waals surface area contributed by atoms with Crippen molar-refractivity contribution in [2.24, 2.45) is 0 Å². The number of urea groups is 1. The molecule has 8 nitrogen and oxygen atoms in total. The molecule has 44 heavy (non-hydrogen) atoms. The fourth-order valence-electron chi connectivity index (χ4n) is 5.11. The van der Waals surface area contributed by atoms with E-state index in [2.05, 4.69) is 74.1 Å². The number of aromatic nitrogens is 5. The van der Waals surface area contributed by atoms with E-state index in [1.165, 1.54) is 22.5 Å². The number of carbonyl (C=O) groups excluding carboxylic acids is 1. The smallest absolute Gasteiger partial charge is 0.323 e. The highest BCUT2D eigenvalue weighted by atomic mass is 35.5. The Bertz CT molecular complexity index is 1720. The summed E-state index contributed by atoms with van der Waals surface area (Å²) in [6, 6.07) is 34.2. The van der Waals surface area contributed by atoms with Crippen molar-refractivity contribution in [3.63, 3.8) is 0 Å². The van der Waals surface area contributed by atoms with Crippen LogP contribution in [0.25, 0.3) is 16.9 Å². The van der Waals surface area contributed by atoms with Crippen molar-refractivity contribution in [1.82, 2.24) is 29.9 Å². The molecule has 0 radical (unpaired) electrons. The zero-order valence-electron chi connectivity index (χ0n) is 23.8. The van der Waals surface area contributed by atoms with Crippen molar-refractivity contribution >= 4 is 34.1 Å². The molecule has 0 spiro atoms. The predicted octanol–water partition coefficient (Wildman–Crippen LogP) is 7.74. The average molecular weight is 620 g/mol. The first-order valence-electron chi connectivity index (χ1n) is 14.3. The molecule has 10 heteroatoms. The molecule has 0 saturated heterocycles. The number of nitrogens with one attached hydrogen (secondary N) is 1. The van der Waals surface area contributed by atoms with Gasteiger partial charge in [0.05, 0.1) is 18.1 Å². The Hall–Kier alpha value is -4.86. The first-order valence-corrected chi connectivity index (χ1v) is 15.5. The molecule has 0 aliphatic heterocycles. The largest absolute Gasteiger partial charge is 0.324 e. The minimum Gasteiger partial charge on any atom is -0.324 e. The Morgan fingerprint density at radius 1 is 0.864 bits per heavy atom. The van der Waals surface area contributed by atoms with Crippen LogP contribution in [0.3, 0.4) is 0 Å². The van der Waals surface area contributed by atoms with Gasteiger partial charge in [0.15, 0.2) is 5.13 Å². The van der Waals surface area contributed by atoms with Crippen molar-refractivity contribution in [1.29, 1.82) is 0 Å². The quantitative estimate of drug-likeness (QED) is 0.160. The van der Waals surface area contributed by atoms with Crippen LogP contribution in [0.4, 0.5) is 9.93 Å². The molecule has 220 valence electrons. The highest BCUT2D eigenvalue weighted by Gasteiger charge is 2.21. The number of rotatable bonds is 11. The lowest BCUT2D eigenvalue weighted by molar-refractivity contribution is 0.210. The van der Waals surface area contributed by atoms with Gasteiger partial charge in [-0.15, -0.1) is 5.10 Å². The Morgan fingerprint density at radius 3 is 2.20 bits per heavy atom. The highest BCUT2D eigenvalue weighted by molar-refractivity contribution is 7.20. The van der Waals surface area contributed by atoms with Gasteiger partial charge in [0.25, 0.3) is 0 Å². The molecule has 0 aliphatic carbocycles.